The second-order valence-corrected chi connectivity index (χ2v) is 8.42. The molecule has 1 N–H and O–H groups in total. The van der Waals surface area contributed by atoms with Gasteiger partial charge in [0.2, 0.25) is 5.82 Å². The summed E-state index contributed by atoms with van der Waals surface area (Å²) < 4.78 is 1.96. The van der Waals surface area contributed by atoms with Crippen molar-refractivity contribution in [3.05, 3.63) is 34.5 Å². The van der Waals surface area contributed by atoms with E-state index < -0.39 is 0 Å². The van der Waals surface area contributed by atoms with E-state index in [0.29, 0.717) is 12.0 Å². The van der Waals surface area contributed by atoms with Crippen LogP contribution in [0.4, 0.5) is 5.82 Å². The van der Waals surface area contributed by atoms with Crippen LogP contribution in [0.3, 0.4) is 0 Å². The van der Waals surface area contributed by atoms with Crippen LogP contribution in [-0.2, 0) is 13.6 Å². The standard InChI is InChI=1S/C21H33N7O/c1-13(2)17-10-23-27(7)18(17)11-22-16-8-9-28(12-16)20-14(3)15(4)24-19(25-20)21(29)26(5)6/h10,13,16,22H,8-9,11-12H2,1-7H3/t16-/m1/s1. The van der Waals surface area contributed by atoms with Crippen molar-refractivity contribution < 1.29 is 4.79 Å². The number of carbonyl (C=O) groups excluding carboxylic acids is 1. The number of rotatable bonds is 6. The number of aryl methyl sites for hydroxylation is 2. The normalized spacial score (nSPS) is 16.7. The molecule has 8 nitrogen and oxygen atoms in total. The number of nitrogens with one attached hydrogen (secondary N) is 1. The molecule has 158 valence electrons. The van der Waals surface area contributed by atoms with Crippen LogP contribution in [0.15, 0.2) is 6.20 Å². The summed E-state index contributed by atoms with van der Waals surface area (Å²) in [6.07, 6.45) is 3.01. The molecule has 1 atom stereocenters. The average Bonchev–Trinajstić information content (AvgIpc) is 3.28. The zero-order valence-electron chi connectivity index (χ0n) is 18.7. The molecule has 0 bridgehead atoms. The first-order chi connectivity index (χ1) is 13.7. The fraction of sp³-hybridized carbons (Fsp3) is 0.619. The molecule has 2 aromatic heterocycles. The van der Waals surface area contributed by atoms with Gasteiger partial charge in [-0.1, -0.05) is 13.8 Å². The first kappa shape index (κ1) is 21.2. The molecule has 8 heteroatoms. The lowest BCUT2D eigenvalue weighted by Crippen LogP contribution is -2.34. The Morgan fingerprint density at radius 3 is 2.69 bits per heavy atom. The van der Waals surface area contributed by atoms with E-state index in [0.717, 1.165) is 43.1 Å². The Morgan fingerprint density at radius 2 is 2.03 bits per heavy atom. The minimum atomic E-state index is -0.166. The van der Waals surface area contributed by atoms with Crippen LogP contribution in [0.5, 0.6) is 0 Å². The smallest absolute Gasteiger partial charge is 0.291 e. The van der Waals surface area contributed by atoms with Gasteiger partial charge in [-0.05, 0) is 31.7 Å². The highest BCUT2D eigenvalue weighted by Crippen LogP contribution is 2.25. The third-order valence-electron chi connectivity index (χ3n) is 5.72. The Morgan fingerprint density at radius 1 is 1.31 bits per heavy atom. The molecule has 0 unspecified atom stereocenters. The molecule has 1 fully saturated rings. The van der Waals surface area contributed by atoms with Gasteiger partial charge in [0.25, 0.3) is 5.91 Å². The third-order valence-corrected chi connectivity index (χ3v) is 5.72. The average molecular weight is 400 g/mol. The molecule has 1 aliphatic heterocycles. The van der Waals surface area contributed by atoms with Gasteiger partial charge >= 0.3 is 0 Å². The van der Waals surface area contributed by atoms with Crippen LogP contribution in [0, 0.1) is 13.8 Å². The fourth-order valence-electron chi connectivity index (χ4n) is 3.76. The second kappa shape index (κ2) is 8.49. The van der Waals surface area contributed by atoms with Crippen molar-refractivity contribution in [3.8, 4) is 0 Å². The summed E-state index contributed by atoms with van der Waals surface area (Å²) in [6, 6.07) is 0.368. The Bertz CT molecular complexity index is 887. The number of anilines is 1. The topological polar surface area (TPSA) is 79.2 Å². The Balaban J connectivity index is 1.71. The molecular weight excluding hydrogens is 366 g/mol. The first-order valence-electron chi connectivity index (χ1n) is 10.2. The Kier molecular flexibility index (Phi) is 6.21. The lowest BCUT2D eigenvalue weighted by atomic mass is 10.0. The molecule has 29 heavy (non-hydrogen) atoms. The molecule has 1 amide bonds. The van der Waals surface area contributed by atoms with Gasteiger partial charge in [0, 0.05) is 58.1 Å². The van der Waals surface area contributed by atoms with Gasteiger partial charge in [-0.2, -0.15) is 5.10 Å². The summed E-state index contributed by atoms with van der Waals surface area (Å²) in [5.41, 5.74) is 4.43. The van der Waals surface area contributed by atoms with E-state index in [2.05, 4.69) is 39.1 Å². The zero-order valence-corrected chi connectivity index (χ0v) is 18.7. The van der Waals surface area contributed by atoms with Crippen LogP contribution in [0.2, 0.25) is 0 Å². The molecule has 1 saturated heterocycles. The van der Waals surface area contributed by atoms with E-state index in [-0.39, 0.29) is 11.7 Å². The van der Waals surface area contributed by atoms with Crippen LogP contribution < -0.4 is 10.2 Å². The van der Waals surface area contributed by atoms with Crippen molar-refractivity contribution in [1.82, 2.24) is 30.0 Å². The molecule has 0 aliphatic carbocycles. The van der Waals surface area contributed by atoms with Crippen LogP contribution in [0.25, 0.3) is 0 Å². The van der Waals surface area contributed by atoms with E-state index in [1.54, 1.807) is 14.1 Å². The molecule has 0 radical (unpaired) electrons. The van der Waals surface area contributed by atoms with E-state index in [9.17, 15) is 4.79 Å². The minimum absolute atomic E-state index is 0.166. The molecule has 0 saturated carbocycles. The third kappa shape index (κ3) is 4.42. The lowest BCUT2D eigenvalue weighted by Gasteiger charge is -2.22. The molecule has 3 heterocycles. The van der Waals surface area contributed by atoms with E-state index in [4.69, 9.17) is 0 Å². The number of carbonyl (C=O) groups is 1. The molecule has 2 aromatic rings. The van der Waals surface area contributed by atoms with Crippen molar-refractivity contribution in [2.24, 2.45) is 7.05 Å². The van der Waals surface area contributed by atoms with Crippen LogP contribution in [0.1, 0.15) is 59.3 Å². The van der Waals surface area contributed by atoms with Crippen molar-refractivity contribution in [2.45, 2.75) is 52.6 Å². The highest BCUT2D eigenvalue weighted by molar-refractivity contribution is 5.90. The van der Waals surface area contributed by atoms with Gasteiger partial charge in [0.05, 0.1) is 11.9 Å². The largest absolute Gasteiger partial charge is 0.355 e. The SMILES string of the molecule is Cc1nc(C(=O)N(C)C)nc(N2CC[C@@H](NCc3c(C(C)C)cnn3C)C2)c1C. The summed E-state index contributed by atoms with van der Waals surface area (Å²) in [7, 11) is 5.45. The highest BCUT2D eigenvalue weighted by Gasteiger charge is 2.27. The molecule has 3 rings (SSSR count). The van der Waals surface area contributed by atoms with Crippen molar-refractivity contribution >= 4 is 11.7 Å². The van der Waals surface area contributed by atoms with Crippen LogP contribution >= 0.6 is 0 Å². The van der Waals surface area contributed by atoms with E-state index in [1.165, 1.54) is 16.2 Å². The van der Waals surface area contributed by atoms with Gasteiger partial charge in [-0.15, -0.1) is 0 Å². The number of hydrogen-bond donors (Lipinski definition) is 1. The molecule has 0 aromatic carbocycles. The van der Waals surface area contributed by atoms with Gasteiger partial charge in [-0.3, -0.25) is 9.48 Å². The molecule has 1 aliphatic rings. The van der Waals surface area contributed by atoms with Gasteiger partial charge in [-0.25, -0.2) is 9.97 Å². The van der Waals surface area contributed by atoms with Crippen LogP contribution in [-0.4, -0.2) is 63.8 Å². The number of aromatic nitrogens is 4. The molecule has 0 spiro atoms. The van der Waals surface area contributed by atoms with Crippen molar-refractivity contribution in [3.63, 3.8) is 0 Å². The Labute approximate surface area is 173 Å². The zero-order chi connectivity index (χ0) is 21.3. The molecular formula is C21H33N7O. The first-order valence-corrected chi connectivity index (χ1v) is 10.2. The van der Waals surface area contributed by atoms with Gasteiger partial charge in [0.15, 0.2) is 0 Å². The number of amides is 1. The van der Waals surface area contributed by atoms with Crippen molar-refractivity contribution in [1.29, 1.82) is 0 Å². The fourth-order valence-corrected chi connectivity index (χ4v) is 3.76. The maximum Gasteiger partial charge on any atom is 0.291 e. The summed E-state index contributed by atoms with van der Waals surface area (Å²) in [5.74, 6) is 1.43. The maximum atomic E-state index is 12.4. The maximum absolute atomic E-state index is 12.4. The summed E-state index contributed by atoms with van der Waals surface area (Å²) >= 11 is 0. The quantitative estimate of drug-likeness (QED) is 0.801. The summed E-state index contributed by atoms with van der Waals surface area (Å²) in [5, 5.41) is 8.11. The minimum Gasteiger partial charge on any atom is -0.355 e. The predicted octanol–water partition coefficient (Wildman–Crippen LogP) is 2.02. The van der Waals surface area contributed by atoms with Gasteiger partial charge < -0.3 is 15.1 Å². The van der Waals surface area contributed by atoms with Crippen molar-refractivity contribution in [2.75, 3.05) is 32.1 Å². The monoisotopic (exact) mass is 399 g/mol. The summed E-state index contributed by atoms with van der Waals surface area (Å²) in [4.78, 5) is 25.1. The van der Waals surface area contributed by atoms with E-state index in [1.807, 2.05) is 31.8 Å². The Hall–Kier alpha value is -2.48. The predicted molar refractivity (Wildman–Crippen MR) is 114 cm³/mol. The number of hydrogen-bond acceptors (Lipinski definition) is 6. The second-order valence-electron chi connectivity index (χ2n) is 8.42. The summed E-state index contributed by atoms with van der Waals surface area (Å²) in [6.45, 7) is 10.9. The number of nitrogens with zero attached hydrogens (tertiary/aromatic N) is 6. The lowest BCUT2D eigenvalue weighted by molar-refractivity contribution is 0.0815. The van der Waals surface area contributed by atoms with E-state index >= 15 is 0 Å². The highest BCUT2D eigenvalue weighted by atomic mass is 16.2. The van der Waals surface area contributed by atoms with Gasteiger partial charge in [0.1, 0.15) is 5.82 Å².